The van der Waals surface area contributed by atoms with Gasteiger partial charge >= 0.3 is 0 Å². The second-order valence-electron chi connectivity index (χ2n) is 10.9. The predicted octanol–water partition coefficient (Wildman–Crippen LogP) is 3.76. The van der Waals surface area contributed by atoms with Gasteiger partial charge in [-0.2, -0.15) is 0 Å². The van der Waals surface area contributed by atoms with Crippen LogP contribution in [-0.2, 0) is 22.3 Å². The molecule has 6 rings (SSSR count). The largest absolute Gasteiger partial charge is 0.394 e. The van der Waals surface area contributed by atoms with Gasteiger partial charge in [-0.15, -0.1) is 13.2 Å². The SMILES string of the molecule is C=CCCc1ncnc2c1ncn2[C@@H]1O[C@H](CC)[C@@H](C)[C@H]1F.C=CCCc1ncnc2c1ncn2[C@@H]1O[C@H](CO)[C@@H](O)[C@H]1F. The number of imidazole rings is 2. The van der Waals surface area contributed by atoms with E-state index in [9.17, 15) is 13.9 Å². The van der Waals surface area contributed by atoms with Crippen LogP contribution in [0.2, 0.25) is 0 Å². The molecule has 0 radical (unpaired) electrons. The number of aliphatic hydroxyl groups excluding tert-OH is 2. The number of halogens is 2. The second-order valence-corrected chi connectivity index (χ2v) is 10.9. The first-order valence-corrected chi connectivity index (χ1v) is 14.8. The summed E-state index contributed by atoms with van der Waals surface area (Å²) in [5.74, 6) is -0.130. The topological polar surface area (TPSA) is 146 Å². The van der Waals surface area contributed by atoms with E-state index in [4.69, 9.17) is 14.6 Å². The molecule has 6 heterocycles. The van der Waals surface area contributed by atoms with E-state index in [2.05, 4.69) is 43.1 Å². The number of nitrogens with zero attached hydrogens (tertiary/aromatic N) is 8. The van der Waals surface area contributed by atoms with Gasteiger partial charge in [0.15, 0.2) is 36.1 Å². The molecule has 0 saturated carbocycles. The van der Waals surface area contributed by atoms with Crippen molar-refractivity contribution in [3.05, 3.63) is 62.0 Å². The Labute approximate surface area is 253 Å². The molecule has 4 aromatic rings. The number of hydrogen-bond acceptors (Lipinski definition) is 10. The van der Waals surface area contributed by atoms with Gasteiger partial charge in [0.05, 0.1) is 36.8 Å². The van der Waals surface area contributed by atoms with E-state index >= 15 is 0 Å². The van der Waals surface area contributed by atoms with Crippen molar-refractivity contribution in [3.8, 4) is 0 Å². The molecule has 0 unspecified atom stereocenters. The number of aryl methyl sites for hydroxylation is 2. The summed E-state index contributed by atoms with van der Waals surface area (Å²) in [6.45, 7) is 10.8. The van der Waals surface area contributed by atoms with Crippen molar-refractivity contribution < 1.29 is 28.5 Å². The van der Waals surface area contributed by atoms with Gasteiger partial charge in [-0.1, -0.05) is 26.0 Å². The Bertz CT molecular complexity index is 1470. The summed E-state index contributed by atoms with van der Waals surface area (Å²) < 4.78 is 43.2. The van der Waals surface area contributed by atoms with Crippen molar-refractivity contribution in [1.29, 1.82) is 0 Å². The first kappa shape index (κ1) is 31.7. The smallest absolute Gasteiger partial charge is 0.173 e. The minimum Gasteiger partial charge on any atom is -0.394 e. The summed E-state index contributed by atoms with van der Waals surface area (Å²) in [5, 5.41) is 18.8. The zero-order chi connectivity index (χ0) is 31.4. The Morgan fingerprint density at radius 2 is 1.32 bits per heavy atom. The van der Waals surface area contributed by atoms with Crippen molar-refractivity contribution in [2.24, 2.45) is 5.92 Å². The lowest BCUT2D eigenvalue weighted by molar-refractivity contribution is -0.0459. The maximum absolute atomic E-state index is 14.6. The fraction of sp³-hybridized carbons (Fsp3) is 0.533. The molecule has 0 aliphatic carbocycles. The Morgan fingerprint density at radius 3 is 1.75 bits per heavy atom. The molecule has 0 amide bonds. The van der Waals surface area contributed by atoms with E-state index in [1.54, 1.807) is 17.0 Å². The molecule has 0 bridgehead atoms. The van der Waals surface area contributed by atoms with Gasteiger partial charge < -0.3 is 19.7 Å². The summed E-state index contributed by atoms with van der Waals surface area (Å²) in [5.41, 5.74) is 3.96. The minimum absolute atomic E-state index is 0.0699. The Morgan fingerprint density at radius 1 is 0.818 bits per heavy atom. The monoisotopic (exact) mass is 612 g/mol. The Hall–Kier alpha value is -3.72. The summed E-state index contributed by atoms with van der Waals surface area (Å²) in [7, 11) is 0. The summed E-state index contributed by atoms with van der Waals surface area (Å²) in [4.78, 5) is 25.5. The highest BCUT2D eigenvalue weighted by Gasteiger charge is 2.45. The van der Waals surface area contributed by atoms with E-state index in [0.717, 1.165) is 37.1 Å². The zero-order valence-corrected chi connectivity index (χ0v) is 24.8. The lowest BCUT2D eigenvalue weighted by Gasteiger charge is -2.15. The lowest BCUT2D eigenvalue weighted by atomic mass is 10.00. The van der Waals surface area contributed by atoms with E-state index in [-0.39, 0.29) is 12.0 Å². The van der Waals surface area contributed by atoms with E-state index in [1.165, 1.54) is 23.5 Å². The van der Waals surface area contributed by atoms with Crippen LogP contribution in [0.5, 0.6) is 0 Å². The third kappa shape index (κ3) is 5.99. The van der Waals surface area contributed by atoms with Gasteiger partial charge in [0.1, 0.15) is 35.9 Å². The van der Waals surface area contributed by atoms with E-state index in [1.807, 2.05) is 19.9 Å². The molecule has 4 aromatic heterocycles. The number of aromatic nitrogens is 8. The van der Waals surface area contributed by atoms with Gasteiger partial charge in [-0.05, 0) is 32.1 Å². The van der Waals surface area contributed by atoms with Crippen LogP contribution in [-0.4, -0.2) is 86.5 Å². The number of allylic oxidation sites excluding steroid dienone is 2. The van der Waals surface area contributed by atoms with E-state index in [0.29, 0.717) is 28.7 Å². The third-order valence-corrected chi connectivity index (χ3v) is 8.14. The maximum Gasteiger partial charge on any atom is 0.173 e. The van der Waals surface area contributed by atoms with Crippen LogP contribution in [0.1, 0.15) is 57.0 Å². The molecular formula is C30H38F2N8O4. The highest BCUT2D eigenvalue weighted by molar-refractivity contribution is 5.74. The summed E-state index contributed by atoms with van der Waals surface area (Å²) in [6.07, 6.45) is 6.45. The van der Waals surface area contributed by atoms with Gasteiger partial charge in [0.2, 0.25) is 0 Å². The van der Waals surface area contributed by atoms with Crippen molar-refractivity contribution >= 4 is 22.3 Å². The van der Waals surface area contributed by atoms with Gasteiger partial charge in [0, 0.05) is 5.92 Å². The molecule has 12 nitrogen and oxygen atoms in total. The Balaban J connectivity index is 0.000000175. The average molecular weight is 613 g/mol. The average Bonchev–Trinajstić information content (AvgIpc) is 3.80. The van der Waals surface area contributed by atoms with Crippen molar-refractivity contribution in [2.75, 3.05) is 6.61 Å². The highest BCUT2D eigenvalue weighted by Crippen LogP contribution is 2.38. The number of aliphatic hydroxyl groups is 2. The van der Waals surface area contributed by atoms with Crippen molar-refractivity contribution in [2.45, 2.75) is 89.1 Å². The van der Waals surface area contributed by atoms with Crippen LogP contribution in [0.25, 0.3) is 22.3 Å². The summed E-state index contributed by atoms with van der Waals surface area (Å²) >= 11 is 0. The van der Waals surface area contributed by atoms with Crippen molar-refractivity contribution in [1.82, 2.24) is 39.0 Å². The molecule has 14 heteroatoms. The van der Waals surface area contributed by atoms with Crippen LogP contribution in [0.4, 0.5) is 8.78 Å². The predicted molar refractivity (Wildman–Crippen MR) is 158 cm³/mol. The standard InChI is InChI=1S/C16H21FN4O.C14H17FN4O3/c1-4-6-7-11-14-15(19-8-18-11)21(9-20-14)16-13(17)10(3)12(5-2)22-16;1-2-3-4-8-11-13(17-6-16-8)19(7-18-11)14-10(15)12(21)9(5-20)22-14/h4,8-10,12-13,16H,1,5-7H2,2-3H3;2,6-7,9-10,12,14,20-21H,1,3-5H2/t10-,12-,13-,16-;9-,10-,12-,14-/m11/s1. The van der Waals surface area contributed by atoms with Gasteiger partial charge in [0.25, 0.3) is 0 Å². The fourth-order valence-corrected chi connectivity index (χ4v) is 5.62. The normalized spacial score (nSPS) is 28.3. The number of ether oxygens (including phenoxy) is 2. The van der Waals surface area contributed by atoms with Crippen LogP contribution >= 0.6 is 0 Å². The molecule has 2 aliphatic heterocycles. The second kappa shape index (κ2) is 13.9. The molecule has 0 aromatic carbocycles. The molecule has 2 N–H and O–H groups in total. The number of rotatable bonds is 10. The van der Waals surface area contributed by atoms with Gasteiger partial charge in [-0.25, -0.2) is 38.7 Å². The fourth-order valence-electron chi connectivity index (χ4n) is 5.62. The highest BCUT2D eigenvalue weighted by atomic mass is 19.1. The maximum atomic E-state index is 14.6. The molecule has 0 spiro atoms. The van der Waals surface area contributed by atoms with Crippen LogP contribution in [0.3, 0.4) is 0 Å². The molecule has 2 fully saturated rings. The lowest BCUT2D eigenvalue weighted by Crippen LogP contribution is -2.30. The first-order valence-electron chi connectivity index (χ1n) is 14.8. The molecule has 8 atom stereocenters. The molecule has 44 heavy (non-hydrogen) atoms. The molecular weight excluding hydrogens is 574 g/mol. The molecule has 236 valence electrons. The van der Waals surface area contributed by atoms with E-state index < -0.39 is 43.6 Å². The molecule has 2 aliphatic rings. The van der Waals surface area contributed by atoms with Crippen LogP contribution < -0.4 is 0 Å². The number of alkyl halides is 2. The quantitative estimate of drug-likeness (QED) is 0.254. The number of hydrogen-bond donors (Lipinski definition) is 2. The minimum atomic E-state index is -1.67. The van der Waals surface area contributed by atoms with Crippen LogP contribution in [0, 0.1) is 5.92 Å². The third-order valence-electron chi connectivity index (χ3n) is 8.14. The van der Waals surface area contributed by atoms with Crippen molar-refractivity contribution in [3.63, 3.8) is 0 Å². The van der Waals surface area contributed by atoms with Crippen LogP contribution in [0.15, 0.2) is 50.6 Å². The summed E-state index contributed by atoms with van der Waals surface area (Å²) in [6, 6.07) is 0. The van der Waals surface area contributed by atoms with Gasteiger partial charge in [-0.3, -0.25) is 9.13 Å². The zero-order valence-electron chi connectivity index (χ0n) is 24.8. The molecule has 2 saturated heterocycles. The Kier molecular flexibility index (Phi) is 10.0. The number of fused-ring (bicyclic) bond motifs is 2. The first-order chi connectivity index (χ1) is 21.3.